The van der Waals surface area contributed by atoms with Gasteiger partial charge in [-0.3, -0.25) is 9.78 Å². The number of nitrogens with two attached hydrogens (primary N) is 1. The zero-order valence-corrected chi connectivity index (χ0v) is 10.9. The molecule has 2 aromatic rings. The molecule has 0 saturated heterocycles. The van der Waals surface area contributed by atoms with Gasteiger partial charge in [0.1, 0.15) is 4.90 Å². The summed E-state index contributed by atoms with van der Waals surface area (Å²) in [6, 6.07) is 6.77. The highest BCUT2D eigenvalue weighted by molar-refractivity contribution is 7.89. The number of halogens is 1. The van der Waals surface area contributed by atoms with Gasteiger partial charge in [0, 0.05) is 6.20 Å². The van der Waals surface area contributed by atoms with Crippen LogP contribution in [-0.2, 0) is 10.0 Å². The van der Waals surface area contributed by atoms with Gasteiger partial charge in [0.05, 0.1) is 17.4 Å². The topological polar surface area (TPSA) is 102 Å². The number of carbonyl (C=O) groups is 1. The number of nitrogens with zero attached hydrogens (tertiary/aromatic N) is 1. The van der Waals surface area contributed by atoms with Crippen molar-refractivity contribution in [1.82, 2.24) is 4.98 Å². The van der Waals surface area contributed by atoms with Crippen LogP contribution in [0.25, 0.3) is 0 Å². The van der Waals surface area contributed by atoms with Gasteiger partial charge in [-0.25, -0.2) is 17.9 Å². The molecule has 2 rings (SSSR count). The summed E-state index contributed by atoms with van der Waals surface area (Å²) < 4.78 is 36.2. The van der Waals surface area contributed by atoms with Crippen LogP contribution in [0.3, 0.4) is 0 Å². The van der Waals surface area contributed by atoms with Crippen molar-refractivity contribution < 1.29 is 17.6 Å². The van der Waals surface area contributed by atoms with Gasteiger partial charge in [-0.05, 0) is 18.2 Å². The first-order valence-electron chi connectivity index (χ1n) is 5.42. The molecule has 0 bridgehead atoms. The molecule has 0 spiro atoms. The lowest BCUT2D eigenvalue weighted by Gasteiger charge is -2.09. The highest BCUT2D eigenvalue weighted by atomic mass is 32.2. The van der Waals surface area contributed by atoms with E-state index >= 15 is 0 Å². The number of para-hydroxylation sites is 1. The van der Waals surface area contributed by atoms with Gasteiger partial charge in [0.15, 0.2) is 5.82 Å². The molecular weight excluding hydrogens is 285 g/mol. The normalized spacial score (nSPS) is 11.1. The van der Waals surface area contributed by atoms with E-state index in [4.69, 9.17) is 5.14 Å². The van der Waals surface area contributed by atoms with Crippen LogP contribution in [0.1, 0.15) is 10.4 Å². The molecule has 1 aromatic heterocycles. The van der Waals surface area contributed by atoms with Gasteiger partial charge in [-0.15, -0.1) is 0 Å². The van der Waals surface area contributed by atoms with Crippen molar-refractivity contribution in [1.29, 1.82) is 0 Å². The zero-order chi connectivity index (χ0) is 14.8. The molecule has 1 aromatic carbocycles. The highest BCUT2D eigenvalue weighted by Gasteiger charge is 2.17. The molecule has 0 atom stereocenters. The fraction of sp³-hybridized carbons (Fsp3) is 0. The lowest BCUT2D eigenvalue weighted by Crippen LogP contribution is -2.19. The Labute approximate surface area is 114 Å². The number of amides is 1. The number of hydrogen-bond acceptors (Lipinski definition) is 4. The third-order valence-corrected chi connectivity index (χ3v) is 3.43. The van der Waals surface area contributed by atoms with E-state index in [1.54, 1.807) is 0 Å². The van der Waals surface area contributed by atoms with Crippen LogP contribution in [0.4, 0.5) is 10.1 Å². The maximum absolute atomic E-state index is 13.4. The first-order chi connectivity index (χ1) is 9.39. The lowest BCUT2D eigenvalue weighted by atomic mass is 10.2. The Morgan fingerprint density at radius 3 is 2.60 bits per heavy atom. The summed E-state index contributed by atoms with van der Waals surface area (Å²) in [5, 5.41) is 7.35. The molecule has 20 heavy (non-hydrogen) atoms. The number of aromatic nitrogens is 1. The fourth-order valence-corrected chi connectivity index (χ4v) is 2.26. The second-order valence-electron chi connectivity index (χ2n) is 3.85. The predicted molar refractivity (Wildman–Crippen MR) is 70.0 cm³/mol. The van der Waals surface area contributed by atoms with Gasteiger partial charge in [-0.1, -0.05) is 12.1 Å². The largest absolute Gasteiger partial charge is 0.321 e. The molecule has 3 N–H and O–H groups in total. The fourth-order valence-electron chi connectivity index (χ4n) is 1.57. The summed E-state index contributed by atoms with van der Waals surface area (Å²) in [5.74, 6) is -1.60. The number of sulfonamides is 1. The molecule has 0 fully saturated rings. The molecule has 0 radical (unpaired) electrons. The van der Waals surface area contributed by atoms with E-state index < -0.39 is 21.7 Å². The first kappa shape index (κ1) is 14.1. The van der Waals surface area contributed by atoms with Crippen LogP contribution in [0.2, 0.25) is 0 Å². The zero-order valence-electron chi connectivity index (χ0n) is 10.1. The Morgan fingerprint density at radius 2 is 1.95 bits per heavy atom. The number of rotatable bonds is 3. The van der Waals surface area contributed by atoms with Crippen LogP contribution in [0.5, 0.6) is 0 Å². The molecule has 8 heteroatoms. The van der Waals surface area contributed by atoms with Crippen molar-refractivity contribution >= 4 is 21.6 Å². The Hall–Kier alpha value is -2.32. The molecule has 0 aliphatic rings. The molecular formula is C12H10FN3O3S. The minimum atomic E-state index is -3.99. The monoisotopic (exact) mass is 295 g/mol. The lowest BCUT2D eigenvalue weighted by molar-refractivity contribution is 0.102. The van der Waals surface area contributed by atoms with Crippen LogP contribution in [-0.4, -0.2) is 19.3 Å². The van der Waals surface area contributed by atoms with Crippen LogP contribution in [0, 0.1) is 5.82 Å². The number of anilines is 1. The average Bonchev–Trinajstić information content (AvgIpc) is 2.38. The Balaban J connectivity index is 2.37. The summed E-state index contributed by atoms with van der Waals surface area (Å²) >= 11 is 0. The van der Waals surface area contributed by atoms with Crippen molar-refractivity contribution in [3.63, 3.8) is 0 Å². The van der Waals surface area contributed by atoms with Gasteiger partial charge >= 0.3 is 0 Å². The third kappa shape index (κ3) is 2.98. The molecule has 0 unspecified atom stereocenters. The minimum Gasteiger partial charge on any atom is -0.321 e. The molecule has 0 saturated carbocycles. The van der Waals surface area contributed by atoms with Crippen molar-refractivity contribution in [3.05, 3.63) is 54.1 Å². The molecule has 1 heterocycles. The Morgan fingerprint density at radius 1 is 1.25 bits per heavy atom. The number of primary sulfonamides is 1. The molecule has 0 aliphatic carbocycles. The molecule has 1 amide bonds. The number of hydrogen-bond donors (Lipinski definition) is 2. The van der Waals surface area contributed by atoms with Gasteiger partial charge < -0.3 is 5.32 Å². The third-order valence-electron chi connectivity index (χ3n) is 2.46. The van der Waals surface area contributed by atoms with Crippen molar-refractivity contribution in [2.75, 3.05) is 5.32 Å². The maximum atomic E-state index is 13.4. The van der Waals surface area contributed by atoms with Crippen molar-refractivity contribution in [2.24, 2.45) is 5.14 Å². The standard InChI is InChI=1S/C12H10FN3O3S/c13-9-7-15-6-5-8(9)12(17)16-10-3-1-2-4-11(10)20(14,18)19/h1-7H,(H,16,17)(H2,14,18,19). The van der Waals surface area contributed by atoms with E-state index in [2.05, 4.69) is 10.3 Å². The van der Waals surface area contributed by atoms with E-state index in [0.29, 0.717) is 0 Å². The van der Waals surface area contributed by atoms with Gasteiger partial charge in [0.2, 0.25) is 10.0 Å². The Bertz CT molecular complexity index is 762. The number of pyridine rings is 1. The predicted octanol–water partition coefficient (Wildman–Crippen LogP) is 1.12. The quantitative estimate of drug-likeness (QED) is 0.885. The molecule has 6 nitrogen and oxygen atoms in total. The summed E-state index contributed by atoms with van der Waals surface area (Å²) in [6.45, 7) is 0. The second-order valence-corrected chi connectivity index (χ2v) is 5.38. The SMILES string of the molecule is NS(=O)(=O)c1ccccc1NC(=O)c1ccncc1F. The van der Waals surface area contributed by atoms with E-state index in [1.165, 1.54) is 36.5 Å². The van der Waals surface area contributed by atoms with E-state index in [0.717, 1.165) is 6.20 Å². The number of benzene rings is 1. The smallest absolute Gasteiger partial charge is 0.258 e. The summed E-state index contributed by atoms with van der Waals surface area (Å²) in [6.07, 6.45) is 2.14. The van der Waals surface area contributed by atoms with E-state index in [9.17, 15) is 17.6 Å². The minimum absolute atomic E-state index is 0.0174. The summed E-state index contributed by atoms with van der Waals surface area (Å²) in [5.41, 5.74) is -0.263. The van der Waals surface area contributed by atoms with Gasteiger partial charge in [0.25, 0.3) is 5.91 Å². The van der Waals surface area contributed by atoms with Crippen molar-refractivity contribution in [2.45, 2.75) is 4.90 Å². The first-order valence-corrected chi connectivity index (χ1v) is 6.97. The maximum Gasteiger partial charge on any atom is 0.258 e. The average molecular weight is 295 g/mol. The van der Waals surface area contributed by atoms with Crippen LogP contribution < -0.4 is 10.5 Å². The van der Waals surface area contributed by atoms with Crippen LogP contribution >= 0.6 is 0 Å². The van der Waals surface area contributed by atoms with Crippen LogP contribution in [0.15, 0.2) is 47.6 Å². The van der Waals surface area contributed by atoms with Crippen molar-refractivity contribution in [3.8, 4) is 0 Å². The summed E-state index contributed by atoms with van der Waals surface area (Å²) in [7, 11) is -3.99. The molecule has 0 aliphatic heterocycles. The van der Waals surface area contributed by atoms with E-state index in [-0.39, 0.29) is 16.1 Å². The van der Waals surface area contributed by atoms with Gasteiger partial charge in [-0.2, -0.15) is 0 Å². The Kier molecular flexibility index (Phi) is 3.77. The summed E-state index contributed by atoms with van der Waals surface area (Å²) in [4.78, 5) is 15.2. The second kappa shape index (κ2) is 5.35. The van der Waals surface area contributed by atoms with E-state index in [1.807, 2.05) is 0 Å². The number of nitrogens with one attached hydrogen (secondary N) is 1. The highest BCUT2D eigenvalue weighted by Crippen LogP contribution is 2.20. The molecule has 104 valence electrons. The number of carbonyl (C=O) groups excluding carboxylic acids is 1.